The van der Waals surface area contributed by atoms with E-state index in [1.165, 1.54) is 6.33 Å². The number of aryl methyl sites for hydroxylation is 2. The summed E-state index contributed by atoms with van der Waals surface area (Å²) < 4.78 is 29.8. The predicted octanol–water partition coefficient (Wildman–Crippen LogP) is 4.38. The molecule has 1 amide bonds. The van der Waals surface area contributed by atoms with Crippen LogP contribution in [0.3, 0.4) is 0 Å². The highest BCUT2D eigenvalue weighted by Crippen LogP contribution is 2.31. The first-order valence-electron chi connectivity index (χ1n) is 14.3. The van der Waals surface area contributed by atoms with Gasteiger partial charge in [0, 0.05) is 41.5 Å². The van der Waals surface area contributed by atoms with E-state index in [0.29, 0.717) is 64.7 Å². The lowest BCUT2D eigenvalue weighted by Crippen LogP contribution is -2.25. The van der Waals surface area contributed by atoms with Crippen LogP contribution in [-0.4, -0.2) is 67.9 Å². The summed E-state index contributed by atoms with van der Waals surface area (Å²) >= 11 is 0. The summed E-state index contributed by atoms with van der Waals surface area (Å²) in [6, 6.07) is 14.2. The molecule has 0 unspecified atom stereocenters. The van der Waals surface area contributed by atoms with Gasteiger partial charge >= 0.3 is 0 Å². The number of pyridine rings is 1. The van der Waals surface area contributed by atoms with Crippen molar-refractivity contribution in [1.29, 1.82) is 0 Å². The van der Waals surface area contributed by atoms with Crippen molar-refractivity contribution >= 4 is 45.3 Å². The van der Waals surface area contributed by atoms with Crippen LogP contribution in [0.2, 0.25) is 0 Å². The van der Waals surface area contributed by atoms with Gasteiger partial charge in [-0.25, -0.2) is 19.6 Å². The van der Waals surface area contributed by atoms with Gasteiger partial charge in [-0.3, -0.25) is 9.69 Å². The van der Waals surface area contributed by atoms with Gasteiger partial charge < -0.3 is 15.0 Å². The Morgan fingerprint density at radius 2 is 2.02 bits per heavy atom. The third-order valence-corrected chi connectivity index (χ3v) is 6.65. The quantitative estimate of drug-likeness (QED) is 0.302. The first kappa shape index (κ1) is 22.0. The summed E-state index contributed by atoms with van der Waals surface area (Å²) in [5.74, 6) is 2.15. The predicted molar refractivity (Wildman–Crippen MR) is 154 cm³/mol. The fourth-order valence-corrected chi connectivity index (χ4v) is 4.56. The largest absolute Gasteiger partial charge is 0.457 e. The van der Waals surface area contributed by atoms with Gasteiger partial charge in [0.05, 0.1) is 11.0 Å². The molecule has 0 aliphatic carbocycles. The molecule has 1 N–H and O–H groups in total. The number of hydrogen-bond acceptors (Lipinski definition) is 9. The van der Waals surface area contributed by atoms with E-state index < -0.39 is 6.98 Å². The SMILES string of the molecule is [2H]C([2H])([2H])n1nnc2cc(Oc3ccc(Nc4ncnc5ccc(N6CC/C(=C\CN(C)C)C6=O)nc45)cc3C)ccc21. The molecule has 6 rings (SSSR count). The second-order valence-corrected chi connectivity index (χ2v) is 9.82. The van der Waals surface area contributed by atoms with Crippen LogP contribution in [0, 0.1) is 6.92 Å². The van der Waals surface area contributed by atoms with E-state index in [4.69, 9.17) is 13.8 Å². The molecule has 2 aromatic carbocycles. The van der Waals surface area contributed by atoms with E-state index in [-0.39, 0.29) is 5.91 Å². The van der Waals surface area contributed by atoms with Gasteiger partial charge in [-0.15, -0.1) is 5.10 Å². The highest BCUT2D eigenvalue weighted by molar-refractivity contribution is 6.08. The maximum atomic E-state index is 13.0. The number of nitrogens with one attached hydrogen (secondary N) is 1. The average Bonchev–Trinajstić information content (AvgIpc) is 3.56. The monoisotopic (exact) mass is 538 g/mol. The number of carbonyl (C=O) groups is 1. The number of aromatic nitrogens is 6. The summed E-state index contributed by atoms with van der Waals surface area (Å²) in [4.78, 5) is 30.3. The number of benzene rings is 2. The lowest BCUT2D eigenvalue weighted by Gasteiger charge is -2.16. The minimum absolute atomic E-state index is 0.0349. The Morgan fingerprint density at radius 3 is 2.85 bits per heavy atom. The van der Waals surface area contributed by atoms with Crippen molar-refractivity contribution in [2.45, 2.75) is 13.3 Å². The van der Waals surface area contributed by atoms with Gasteiger partial charge in [0.2, 0.25) is 0 Å². The van der Waals surface area contributed by atoms with Crippen LogP contribution in [0.4, 0.5) is 17.3 Å². The highest BCUT2D eigenvalue weighted by Gasteiger charge is 2.28. The van der Waals surface area contributed by atoms with Crippen molar-refractivity contribution in [2.24, 2.45) is 6.98 Å². The molecule has 11 heteroatoms. The number of carbonyl (C=O) groups excluding carboxylic acids is 1. The van der Waals surface area contributed by atoms with Crippen LogP contribution in [0.5, 0.6) is 11.5 Å². The highest BCUT2D eigenvalue weighted by atomic mass is 16.5. The van der Waals surface area contributed by atoms with E-state index in [1.54, 1.807) is 23.1 Å². The third kappa shape index (κ3) is 4.94. The number of hydrogen-bond donors (Lipinski definition) is 1. The number of nitrogens with zero attached hydrogens (tertiary/aromatic N) is 8. The summed E-state index contributed by atoms with van der Waals surface area (Å²) in [5, 5.41) is 11.0. The summed E-state index contributed by atoms with van der Waals surface area (Å²) in [5.41, 5.74) is 4.42. The number of fused-ring (bicyclic) bond motifs is 2. The maximum absolute atomic E-state index is 13.0. The van der Waals surface area contributed by atoms with Crippen LogP contribution in [0.1, 0.15) is 16.1 Å². The molecule has 0 radical (unpaired) electrons. The number of anilines is 3. The minimum Gasteiger partial charge on any atom is -0.457 e. The molecule has 1 aliphatic heterocycles. The Bertz CT molecular complexity index is 1890. The van der Waals surface area contributed by atoms with Crippen LogP contribution >= 0.6 is 0 Å². The van der Waals surface area contributed by atoms with Crippen molar-refractivity contribution < 1.29 is 13.6 Å². The molecule has 1 saturated heterocycles. The maximum Gasteiger partial charge on any atom is 0.255 e. The Kier molecular flexibility index (Phi) is 5.68. The lowest BCUT2D eigenvalue weighted by atomic mass is 10.2. The summed E-state index contributed by atoms with van der Waals surface area (Å²) in [6.07, 6.45) is 4.11. The zero-order valence-corrected chi connectivity index (χ0v) is 22.3. The fourth-order valence-electron chi connectivity index (χ4n) is 4.56. The van der Waals surface area contributed by atoms with Gasteiger partial charge in [-0.05, 0) is 75.5 Å². The number of amides is 1. The molecule has 0 bridgehead atoms. The van der Waals surface area contributed by atoms with E-state index in [9.17, 15) is 4.79 Å². The first-order valence-corrected chi connectivity index (χ1v) is 12.8. The zero-order valence-electron chi connectivity index (χ0n) is 25.3. The number of ether oxygens (including phenoxy) is 1. The standard InChI is InChI=1S/C29H29N9O2/c1-18-15-20(5-9-25(18)40-21-6-8-24-23(16-21)34-35-37(24)4)32-28-27-22(30-17-31-28)7-10-26(33-27)38-14-12-19(29(38)39)11-13-36(2)3/h5-11,15-17H,12-14H2,1-4H3,(H,30,31,32)/b19-11+/i4D3. The Morgan fingerprint density at radius 1 is 1.12 bits per heavy atom. The topological polar surface area (TPSA) is 114 Å². The van der Waals surface area contributed by atoms with Gasteiger partial charge in [-0.2, -0.15) is 0 Å². The minimum atomic E-state index is -2.42. The second kappa shape index (κ2) is 10.3. The number of likely N-dealkylation sites (N-methyl/N-ethyl adjacent to an activating group) is 1. The van der Waals surface area contributed by atoms with E-state index >= 15 is 0 Å². The van der Waals surface area contributed by atoms with Crippen LogP contribution in [0.25, 0.3) is 22.1 Å². The molecular weight excluding hydrogens is 506 g/mol. The van der Waals surface area contributed by atoms with Crippen molar-refractivity contribution in [1.82, 2.24) is 34.8 Å². The van der Waals surface area contributed by atoms with Crippen LogP contribution in [0.15, 0.2) is 66.5 Å². The van der Waals surface area contributed by atoms with Crippen molar-refractivity contribution in [2.75, 3.05) is 37.4 Å². The molecule has 11 nitrogen and oxygen atoms in total. The van der Waals surface area contributed by atoms with Crippen LogP contribution < -0.4 is 15.0 Å². The Balaban J connectivity index is 1.22. The van der Waals surface area contributed by atoms with Crippen LogP contribution in [-0.2, 0) is 11.8 Å². The fraction of sp³-hybridized carbons (Fsp3) is 0.241. The zero-order chi connectivity index (χ0) is 30.3. The van der Waals surface area contributed by atoms with Crippen molar-refractivity contribution in [3.05, 3.63) is 72.1 Å². The van der Waals surface area contributed by atoms with Gasteiger partial charge in [0.15, 0.2) is 5.82 Å². The lowest BCUT2D eigenvalue weighted by molar-refractivity contribution is -0.114. The van der Waals surface area contributed by atoms with Gasteiger partial charge in [0.25, 0.3) is 5.91 Å². The van der Waals surface area contributed by atoms with Crippen molar-refractivity contribution in [3.8, 4) is 11.5 Å². The molecular formula is C29H29N9O2. The molecule has 0 spiro atoms. The Hall–Kier alpha value is -4.90. The molecule has 1 aliphatic rings. The smallest absolute Gasteiger partial charge is 0.255 e. The third-order valence-electron chi connectivity index (χ3n) is 6.65. The second-order valence-electron chi connectivity index (χ2n) is 9.82. The molecule has 202 valence electrons. The van der Waals surface area contributed by atoms with E-state index in [1.807, 2.05) is 62.3 Å². The molecule has 3 aromatic heterocycles. The number of rotatable bonds is 7. The molecule has 0 saturated carbocycles. The molecule has 4 heterocycles. The van der Waals surface area contributed by atoms with Crippen molar-refractivity contribution in [3.63, 3.8) is 0 Å². The first-order chi connectivity index (χ1) is 20.6. The summed E-state index contributed by atoms with van der Waals surface area (Å²) in [6.45, 7) is 0.772. The molecule has 5 aromatic rings. The van der Waals surface area contributed by atoms with E-state index in [0.717, 1.165) is 21.5 Å². The van der Waals surface area contributed by atoms with E-state index in [2.05, 4.69) is 25.6 Å². The van der Waals surface area contributed by atoms with Gasteiger partial charge in [0.1, 0.15) is 34.7 Å². The summed E-state index contributed by atoms with van der Waals surface area (Å²) in [7, 11) is 3.94. The average molecular weight is 539 g/mol. The molecule has 0 atom stereocenters. The molecule has 40 heavy (non-hydrogen) atoms. The Labute approximate surface area is 235 Å². The normalized spacial score (nSPS) is 16.1. The molecule has 1 fully saturated rings. The van der Waals surface area contributed by atoms with Gasteiger partial charge in [-0.1, -0.05) is 11.3 Å².